The molecular weight excluding hydrogens is 248 g/mol. The van der Waals surface area contributed by atoms with E-state index < -0.39 is 17.2 Å². The molecule has 1 spiro atoms. The smallest absolute Gasteiger partial charge is 0.343 e. The van der Waals surface area contributed by atoms with E-state index in [1.54, 1.807) is 13.8 Å². The molecule has 0 saturated heterocycles. The summed E-state index contributed by atoms with van der Waals surface area (Å²) in [6.45, 7) is 6.88. The van der Waals surface area contributed by atoms with Crippen LogP contribution in [0.3, 0.4) is 0 Å². The van der Waals surface area contributed by atoms with Gasteiger partial charge in [0.05, 0.1) is 0 Å². The molecule has 0 aromatic heterocycles. The molecule has 1 aliphatic carbocycles. The van der Waals surface area contributed by atoms with Crippen molar-refractivity contribution >= 4 is 5.97 Å². The fraction of sp³-hybridized carbons (Fsp3) is 0.643. The summed E-state index contributed by atoms with van der Waals surface area (Å²) in [5, 5.41) is 19.3. The number of aliphatic hydroxyl groups excluding tert-OH is 1. The lowest BCUT2D eigenvalue weighted by Crippen LogP contribution is -2.34. The summed E-state index contributed by atoms with van der Waals surface area (Å²) in [5.41, 5.74) is -1.78. The third-order valence-corrected chi connectivity index (χ3v) is 4.08. The standard InChI is InChI=1S/C14H20O5/c1-9(13(2,3)19-17)10-11(15)14(18-12(10)16)7-5-4-6-8-14/h15,17H,1,4-8H2,2-3H3. The summed E-state index contributed by atoms with van der Waals surface area (Å²) in [6, 6.07) is 0. The molecule has 0 unspecified atom stereocenters. The molecule has 106 valence electrons. The summed E-state index contributed by atoms with van der Waals surface area (Å²) in [4.78, 5) is 16.4. The normalized spacial score (nSPS) is 22.8. The summed E-state index contributed by atoms with van der Waals surface area (Å²) in [7, 11) is 0. The number of rotatable bonds is 3. The number of hydrogen-bond donors (Lipinski definition) is 2. The first-order valence-electron chi connectivity index (χ1n) is 6.53. The molecule has 0 aromatic rings. The van der Waals surface area contributed by atoms with Crippen molar-refractivity contribution in [2.75, 3.05) is 0 Å². The molecule has 2 rings (SSSR count). The number of carbonyl (C=O) groups is 1. The molecular formula is C14H20O5. The van der Waals surface area contributed by atoms with Crippen molar-refractivity contribution in [3.8, 4) is 0 Å². The molecule has 0 bridgehead atoms. The van der Waals surface area contributed by atoms with Gasteiger partial charge in [-0.05, 0) is 45.1 Å². The van der Waals surface area contributed by atoms with Crippen molar-refractivity contribution < 1.29 is 24.8 Å². The monoisotopic (exact) mass is 268 g/mol. The van der Waals surface area contributed by atoms with E-state index in [0.717, 1.165) is 19.3 Å². The Morgan fingerprint density at radius 1 is 1.37 bits per heavy atom. The zero-order valence-electron chi connectivity index (χ0n) is 11.4. The Hall–Kier alpha value is -1.33. The highest BCUT2D eigenvalue weighted by Crippen LogP contribution is 2.45. The molecule has 2 N–H and O–H groups in total. The van der Waals surface area contributed by atoms with Crippen molar-refractivity contribution in [3.63, 3.8) is 0 Å². The molecule has 0 amide bonds. The van der Waals surface area contributed by atoms with Crippen LogP contribution in [-0.2, 0) is 14.4 Å². The second-order valence-corrected chi connectivity index (χ2v) is 5.75. The van der Waals surface area contributed by atoms with Crippen LogP contribution in [0.4, 0.5) is 0 Å². The number of hydrogen-bond acceptors (Lipinski definition) is 5. The summed E-state index contributed by atoms with van der Waals surface area (Å²) >= 11 is 0. The van der Waals surface area contributed by atoms with Crippen LogP contribution in [0.15, 0.2) is 23.5 Å². The average molecular weight is 268 g/mol. The molecule has 0 radical (unpaired) electrons. The predicted molar refractivity (Wildman–Crippen MR) is 68.5 cm³/mol. The van der Waals surface area contributed by atoms with E-state index in [1.165, 1.54) is 0 Å². The highest BCUT2D eigenvalue weighted by Gasteiger charge is 2.50. The topological polar surface area (TPSA) is 76.0 Å². The van der Waals surface area contributed by atoms with Crippen LogP contribution in [0.2, 0.25) is 0 Å². The Kier molecular flexibility index (Phi) is 3.45. The predicted octanol–water partition coefficient (Wildman–Crippen LogP) is 2.88. The van der Waals surface area contributed by atoms with Crippen molar-refractivity contribution in [1.82, 2.24) is 0 Å². The van der Waals surface area contributed by atoms with E-state index in [9.17, 15) is 9.90 Å². The van der Waals surface area contributed by atoms with Gasteiger partial charge < -0.3 is 9.84 Å². The molecule has 5 heteroatoms. The first kappa shape index (κ1) is 14.1. The third-order valence-electron chi connectivity index (χ3n) is 4.08. The first-order valence-corrected chi connectivity index (χ1v) is 6.53. The van der Waals surface area contributed by atoms with Crippen molar-refractivity contribution in [1.29, 1.82) is 0 Å². The van der Waals surface area contributed by atoms with Crippen molar-refractivity contribution in [2.45, 2.75) is 57.2 Å². The van der Waals surface area contributed by atoms with Gasteiger partial charge in [0.15, 0.2) is 11.4 Å². The fourth-order valence-electron chi connectivity index (χ4n) is 2.69. The van der Waals surface area contributed by atoms with Crippen LogP contribution in [-0.4, -0.2) is 27.5 Å². The average Bonchev–Trinajstić information content (AvgIpc) is 2.61. The SMILES string of the molecule is C=C(C1=C(O)C2(CCCCC2)OC1=O)C(C)(C)OO. The second kappa shape index (κ2) is 4.65. The minimum atomic E-state index is -1.15. The third kappa shape index (κ3) is 2.17. The van der Waals surface area contributed by atoms with E-state index >= 15 is 0 Å². The lowest BCUT2D eigenvalue weighted by Gasteiger charge is -2.31. The van der Waals surface area contributed by atoms with Gasteiger partial charge >= 0.3 is 5.97 Å². The number of aliphatic hydroxyl groups is 1. The van der Waals surface area contributed by atoms with Gasteiger partial charge in [-0.1, -0.05) is 13.0 Å². The minimum absolute atomic E-state index is 0.0425. The summed E-state index contributed by atoms with van der Waals surface area (Å²) in [6.07, 6.45) is 4.16. The maximum Gasteiger partial charge on any atom is 0.343 e. The molecule has 1 saturated carbocycles. The van der Waals surface area contributed by atoms with Crippen LogP contribution in [0.1, 0.15) is 46.0 Å². The molecule has 19 heavy (non-hydrogen) atoms. The number of carbonyl (C=O) groups excluding carboxylic acids is 1. The molecule has 0 atom stereocenters. The van der Waals surface area contributed by atoms with Gasteiger partial charge in [0.25, 0.3) is 0 Å². The van der Waals surface area contributed by atoms with E-state index in [4.69, 9.17) is 9.99 Å². The van der Waals surface area contributed by atoms with E-state index in [-0.39, 0.29) is 16.9 Å². The molecule has 2 aliphatic rings. The quantitative estimate of drug-likeness (QED) is 0.467. The van der Waals surface area contributed by atoms with Gasteiger partial charge in [0.2, 0.25) is 0 Å². The van der Waals surface area contributed by atoms with Gasteiger partial charge in [-0.15, -0.1) is 0 Å². The van der Waals surface area contributed by atoms with Crippen molar-refractivity contribution in [3.05, 3.63) is 23.5 Å². The zero-order valence-corrected chi connectivity index (χ0v) is 11.4. The maximum atomic E-state index is 12.0. The Balaban J connectivity index is 2.38. The minimum Gasteiger partial charge on any atom is -0.507 e. The van der Waals surface area contributed by atoms with Gasteiger partial charge in [-0.3, -0.25) is 5.26 Å². The fourth-order valence-corrected chi connectivity index (χ4v) is 2.69. The zero-order chi connectivity index (χ0) is 14.3. The number of ether oxygens (including phenoxy) is 1. The van der Waals surface area contributed by atoms with Gasteiger partial charge in [-0.25, -0.2) is 9.68 Å². The Labute approximate surface area is 112 Å². The Morgan fingerprint density at radius 3 is 2.47 bits per heavy atom. The maximum absolute atomic E-state index is 12.0. The first-order chi connectivity index (χ1) is 8.84. The van der Waals surface area contributed by atoms with Crippen molar-refractivity contribution in [2.24, 2.45) is 0 Å². The van der Waals surface area contributed by atoms with Gasteiger partial charge in [-0.2, -0.15) is 0 Å². The summed E-state index contributed by atoms with van der Waals surface area (Å²) < 4.78 is 5.41. The largest absolute Gasteiger partial charge is 0.507 e. The van der Waals surface area contributed by atoms with Gasteiger partial charge in [0, 0.05) is 0 Å². The number of esters is 1. The molecule has 1 fully saturated rings. The summed E-state index contributed by atoms with van der Waals surface area (Å²) in [5.74, 6) is -0.651. The molecule has 1 aliphatic heterocycles. The van der Waals surface area contributed by atoms with E-state index in [1.807, 2.05) is 0 Å². The lowest BCUT2D eigenvalue weighted by atomic mass is 9.81. The molecule has 0 aromatic carbocycles. The van der Waals surface area contributed by atoms with Crippen LogP contribution in [0.25, 0.3) is 0 Å². The van der Waals surface area contributed by atoms with Crippen LogP contribution < -0.4 is 0 Å². The van der Waals surface area contributed by atoms with Gasteiger partial charge in [0.1, 0.15) is 11.2 Å². The highest BCUT2D eigenvalue weighted by atomic mass is 17.1. The molecule has 5 nitrogen and oxygen atoms in total. The Bertz CT molecular complexity index is 441. The van der Waals surface area contributed by atoms with E-state index in [2.05, 4.69) is 11.5 Å². The van der Waals surface area contributed by atoms with E-state index in [0.29, 0.717) is 12.8 Å². The lowest BCUT2D eigenvalue weighted by molar-refractivity contribution is -0.299. The van der Waals surface area contributed by atoms with Crippen LogP contribution in [0, 0.1) is 0 Å². The second-order valence-electron chi connectivity index (χ2n) is 5.75. The Morgan fingerprint density at radius 2 is 1.95 bits per heavy atom. The highest BCUT2D eigenvalue weighted by molar-refractivity contribution is 5.97. The van der Waals surface area contributed by atoms with Crippen LogP contribution >= 0.6 is 0 Å². The van der Waals surface area contributed by atoms with Crippen LogP contribution in [0.5, 0.6) is 0 Å². The molecule has 1 heterocycles.